The monoisotopic (exact) mass is 555 g/mol. The minimum absolute atomic E-state index is 0.0112. The Hall–Kier alpha value is -3.73. The van der Waals surface area contributed by atoms with Gasteiger partial charge in [-0.15, -0.1) is 0 Å². The van der Waals surface area contributed by atoms with Gasteiger partial charge in [0.1, 0.15) is 17.9 Å². The zero-order valence-electron chi connectivity index (χ0n) is 17.4. The number of non-ortho nitro benzene ring substituents is 1. The summed E-state index contributed by atoms with van der Waals surface area (Å²) < 4.78 is 12.3. The number of nitrogens with one attached hydrogen (secondary N) is 1. The summed E-state index contributed by atoms with van der Waals surface area (Å²) in [4.78, 5) is 22.7. The maximum atomic E-state index is 12.3. The maximum Gasteiger partial charge on any atom is 0.307 e. The van der Waals surface area contributed by atoms with Crippen LogP contribution in [0.1, 0.15) is 27.2 Å². The van der Waals surface area contributed by atoms with Crippen molar-refractivity contribution in [1.29, 1.82) is 0 Å². The SMILES string of the molecule is Cc1cccc(COc2ccc(/C=N\NC(=O)c3cc4cc([N+](=O)[O-])ccc4o3)cc2I)c1. The number of halogens is 1. The second kappa shape index (κ2) is 9.82. The molecule has 1 N–H and O–H groups in total. The van der Waals surface area contributed by atoms with Crippen LogP contribution in [0.2, 0.25) is 0 Å². The molecule has 0 fully saturated rings. The van der Waals surface area contributed by atoms with Crippen LogP contribution in [-0.2, 0) is 6.61 Å². The maximum absolute atomic E-state index is 12.3. The normalized spacial score (nSPS) is 11.1. The third-order valence-electron chi connectivity index (χ3n) is 4.75. The molecule has 1 amide bonds. The topological polar surface area (TPSA) is 107 Å². The summed E-state index contributed by atoms with van der Waals surface area (Å²) in [5, 5.41) is 15.3. The number of hydrazone groups is 1. The summed E-state index contributed by atoms with van der Waals surface area (Å²) in [6, 6.07) is 19.3. The van der Waals surface area contributed by atoms with E-state index in [4.69, 9.17) is 9.15 Å². The number of carbonyl (C=O) groups is 1. The second-order valence-electron chi connectivity index (χ2n) is 7.26. The van der Waals surface area contributed by atoms with Gasteiger partial charge >= 0.3 is 5.91 Å². The van der Waals surface area contributed by atoms with Crippen molar-refractivity contribution in [3.05, 3.63) is 103 Å². The van der Waals surface area contributed by atoms with Gasteiger partial charge in [-0.3, -0.25) is 14.9 Å². The zero-order chi connectivity index (χ0) is 23.4. The average molecular weight is 555 g/mol. The molecule has 0 spiro atoms. The smallest absolute Gasteiger partial charge is 0.307 e. The molecule has 0 atom stereocenters. The molecular weight excluding hydrogens is 537 g/mol. The molecule has 9 heteroatoms. The fourth-order valence-electron chi connectivity index (χ4n) is 3.15. The van der Waals surface area contributed by atoms with Crippen LogP contribution in [0.5, 0.6) is 5.75 Å². The highest BCUT2D eigenvalue weighted by Gasteiger charge is 2.14. The summed E-state index contributed by atoms with van der Waals surface area (Å²) in [5.41, 5.74) is 5.77. The number of furan rings is 1. The quantitative estimate of drug-likeness (QED) is 0.138. The number of aryl methyl sites for hydroxylation is 1. The predicted molar refractivity (Wildman–Crippen MR) is 133 cm³/mol. The molecule has 0 bridgehead atoms. The molecule has 33 heavy (non-hydrogen) atoms. The summed E-state index contributed by atoms with van der Waals surface area (Å²) in [7, 11) is 0. The standard InChI is InChI=1S/C24H18IN3O5/c1-15-3-2-4-17(9-15)14-32-22-7-5-16(10-20(22)25)13-26-27-24(29)23-12-18-11-19(28(30)31)6-8-21(18)33-23/h2-13H,14H2,1H3,(H,27,29)/b26-13-. The number of carbonyl (C=O) groups excluding carboxylic acids is 1. The Morgan fingerprint density at radius 1 is 1.18 bits per heavy atom. The van der Waals surface area contributed by atoms with Gasteiger partial charge in [-0.05, 0) is 71.0 Å². The first-order valence-electron chi connectivity index (χ1n) is 9.88. The molecule has 0 radical (unpaired) electrons. The van der Waals surface area contributed by atoms with Crippen LogP contribution in [0.4, 0.5) is 5.69 Å². The average Bonchev–Trinajstić information content (AvgIpc) is 3.22. The lowest BCUT2D eigenvalue weighted by Crippen LogP contribution is -2.16. The van der Waals surface area contributed by atoms with E-state index in [0.29, 0.717) is 17.6 Å². The van der Waals surface area contributed by atoms with E-state index in [-0.39, 0.29) is 11.4 Å². The van der Waals surface area contributed by atoms with Crippen LogP contribution in [0.3, 0.4) is 0 Å². The highest BCUT2D eigenvalue weighted by atomic mass is 127. The Labute approximate surface area is 202 Å². The number of nitro benzene ring substituents is 1. The molecule has 166 valence electrons. The molecule has 0 saturated carbocycles. The van der Waals surface area contributed by atoms with Gasteiger partial charge in [0.05, 0.1) is 14.7 Å². The van der Waals surface area contributed by atoms with Crippen molar-refractivity contribution < 1.29 is 18.9 Å². The lowest BCUT2D eigenvalue weighted by Gasteiger charge is -2.09. The molecule has 0 aliphatic carbocycles. The van der Waals surface area contributed by atoms with Gasteiger partial charge in [0.15, 0.2) is 5.76 Å². The van der Waals surface area contributed by atoms with E-state index in [2.05, 4.69) is 39.2 Å². The summed E-state index contributed by atoms with van der Waals surface area (Å²) in [5.74, 6) is 0.213. The summed E-state index contributed by atoms with van der Waals surface area (Å²) in [6.45, 7) is 2.52. The van der Waals surface area contributed by atoms with Crippen LogP contribution in [0.15, 0.2) is 76.2 Å². The Bertz CT molecular complexity index is 1380. The Kier molecular flexibility index (Phi) is 6.68. The van der Waals surface area contributed by atoms with Crippen LogP contribution in [-0.4, -0.2) is 17.0 Å². The van der Waals surface area contributed by atoms with E-state index in [0.717, 1.165) is 20.4 Å². The minimum Gasteiger partial charge on any atom is -0.488 e. The van der Waals surface area contributed by atoms with Gasteiger partial charge in [0, 0.05) is 17.5 Å². The first-order valence-corrected chi connectivity index (χ1v) is 11.0. The molecule has 0 saturated heterocycles. The highest BCUT2D eigenvalue weighted by Crippen LogP contribution is 2.25. The summed E-state index contributed by atoms with van der Waals surface area (Å²) >= 11 is 2.19. The number of fused-ring (bicyclic) bond motifs is 1. The molecule has 8 nitrogen and oxygen atoms in total. The lowest BCUT2D eigenvalue weighted by molar-refractivity contribution is -0.384. The van der Waals surface area contributed by atoms with Gasteiger partial charge in [0.25, 0.3) is 5.69 Å². The molecule has 0 unspecified atom stereocenters. The second-order valence-corrected chi connectivity index (χ2v) is 8.42. The van der Waals surface area contributed by atoms with Gasteiger partial charge in [-0.1, -0.05) is 29.8 Å². The molecule has 1 aromatic heterocycles. The van der Waals surface area contributed by atoms with Crippen molar-refractivity contribution in [2.24, 2.45) is 5.10 Å². The third kappa shape index (κ3) is 5.55. The largest absolute Gasteiger partial charge is 0.488 e. The van der Waals surface area contributed by atoms with Crippen molar-refractivity contribution in [2.45, 2.75) is 13.5 Å². The van der Waals surface area contributed by atoms with Gasteiger partial charge < -0.3 is 9.15 Å². The van der Waals surface area contributed by atoms with Crippen molar-refractivity contribution in [3.8, 4) is 5.75 Å². The Morgan fingerprint density at radius 2 is 2.03 bits per heavy atom. The van der Waals surface area contributed by atoms with E-state index in [1.54, 1.807) is 0 Å². The first-order chi connectivity index (χ1) is 15.9. The van der Waals surface area contributed by atoms with Crippen molar-refractivity contribution in [2.75, 3.05) is 0 Å². The van der Waals surface area contributed by atoms with Crippen LogP contribution in [0, 0.1) is 20.6 Å². The highest BCUT2D eigenvalue weighted by molar-refractivity contribution is 14.1. The number of benzene rings is 3. The van der Waals surface area contributed by atoms with Crippen LogP contribution >= 0.6 is 22.6 Å². The van der Waals surface area contributed by atoms with Crippen molar-refractivity contribution in [1.82, 2.24) is 5.43 Å². The number of amides is 1. The van der Waals surface area contributed by atoms with Crippen molar-refractivity contribution >= 4 is 51.4 Å². The Morgan fingerprint density at radius 3 is 2.79 bits per heavy atom. The predicted octanol–water partition coefficient (Wildman–Crippen LogP) is 5.60. The third-order valence-corrected chi connectivity index (χ3v) is 5.59. The van der Waals surface area contributed by atoms with Gasteiger partial charge in [-0.2, -0.15) is 5.10 Å². The zero-order valence-corrected chi connectivity index (χ0v) is 19.6. The molecule has 0 aliphatic heterocycles. The first kappa shape index (κ1) is 22.5. The molecular formula is C24H18IN3O5. The fourth-order valence-corrected chi connectivity index (χ4v) is 3.85. The number of nitro groups is 1. The number of ether oxygens (including phenoxy) is 1. The van der Waals surface area contributed by atoms with E-state index >= 15 is 0 Å². The van der Waals surface area contributed by atoms with Crippen LogP contribution < -0.4 is 10.2 Å². The molecule has 3 aromatic carbocycles. The van der Waals surface area contributed by atoms with Gasteiger partial charge in [0.2, 0.25) is 0 Å². The molecule has 0 aliphatic rings. The van der Waals surface area contributed by atoms with E-state index < -0.39 is 10.8 Å². The molecule has 1 heterocycles. The number of hydrogen-bond donors (Lipinski definition) is 1. The van der Waals surface area contributed by atoms with Crippen LogP contribution in [0.25, 0.3) is 11.0 Å². The molecule has 4 rings (SSSR count). The van der Waals surface area contributed by atoms with E-state index in [1.807, 2.05) is 43.3 Å². The number of hydrogen-bond acceptors (Lipinski definition) is 6. The van der Waals surface area contributed by atoms with E-state index in [9.17, 15) is 14.9 Å². The van der Waals surface area contributed by atoms with Gasteiger partial charge in [-0.25, -0.2) is 5.43 Å². The number of nitrogens with zero attached hydrogens (tertiary/aromatic N) is 2. The molecule has 4 aromatic rings. The fraction of sp³-hybridized carbons (Fsp3) is 0.0833. The number of rotatable bonds is 7. The summed E-state index contributed by atoms with van der Waals surface area (Å²) in [6.07, 6.45) is 1.51. The Balaban J connectivity index is 1.37. The minimum atomic E-state index is -0.557. The lowest BCUT2D eigenvalue weighted by atomic mass is 10.1. The van der Waals surface area contributed by atoms with E-state index in [1.165, 1.54) is 36.0 Å². The van der Waals surface area contributed by atoms with Crippen molar-refractivity contribution in [3.63, 3.8) is 0 Å².